The summed E-state index contributed by atoms with van der Waals surface area (Å²) in [5.74, 6) is 0.649. The lowest BCUT2D eigenvalue weighted by Gasteiger charge is -1.90. The molecule has 0 nitrogen and oxygen atoms in total. The van der Waals surface area contributed by atoms with Crippen molar-refractivity contribution in [3.63, 3.8) is 0 Å². The largest absolute Gasteiger partial charge is 0.122 e. The Morgan fingerprint density at radius 2 is 1.80 bits per heavy atom. The van der Waals surface area contributed by atoms with Gasteiger partial charge >= 0.3 is 0 Å². The smallest absolute Gasteiger partial charge is 0.0430 e. The molecule has 0 spiro atoms. The normalized spacial score (nSPS) is 11.4. The Kier molecular flexibility index (Phi) is 5.42. The quantitative estimate of drug-likeness (QED) is 0.436. The minimum absolute atomic E-state index is 0.649. The summed E-state index contributed by atoms with van der Waals surface area (Å²) >= 11 is 5.58. The number of alkyl halides is 1. The molecule has 0 radical (unpaired) electrons. The molecule has 0 N–H and O–H groups in total. The van der Waals surface area contributed by atoms with Crippen molar-refractivity contribution in [2.45, 2.75) is 27.2 Å². The van der Waals surface area contributed by atoms with Crippen LogP contribution in [0.25, 0.3) is 0 Å². The van der Waals surface area contributed by atoms with Crippen molar-refractivity contribution in [1.29, 1.82) is 0 Å². The Labute approximate surface area is 68.6 Å². The van der Waals surface area contributed by atoms with Crippen LogP contribution in [-0.4, -0.2) is 5.88 Å². The summed E-state index contributed by atoms with van der Waals surface area (Å²) in [4.78, 5) is 0. The van der Waals surface area contributed by atoms with E-state index in [-0.39, 0.29) is 0 Å². The van der Waals surface area contributed by atoms with Crippen LogP contribution in [0.2, 0.25) is 0 Å². The minimum atomic E-state index is 0.649. The maximum Gasteiger partial charge on any atom is 0.0430 e. The van der Waals surface area contributed by atoms with Crippen LogP contribution < -0.4 is 0 Å². The van der Waals surface area contributed by atoms with Gasteiger partial charge in [-0.05, 0) is 27.2 Å². The summed E-state index contributed by atoms with van der Waals surface area (Å²) in [6.45, 7) is 6.25. The standard InChI is InChI=1S/C9H15Cl/c1-8(2)5-4-6-9(3)7-10/h5-6H,4,7H2,1-3H3. The molecule has 0 atom stereocenters. The fourth-order valence-electron chi connectivity index (χ4n) is 0.550. The summed E-state index contributed by atoms with van der Waals surface area (Å²) in [6.07, 6.45) is 5.36. The van der Waals surface area contributed by atoms with Crippen molar-refractivity contribution in [2.24, 2.45) is 0 Å². The van der Waals surface area contributed by atoms with Crippen LogP contribution in [0.4, 0.5) is 0 Å². The zero-order valence-corrected chi connectivity index (χ0v) is 7.70. The lowest BCUT2D eigenvalue weighted by molar-refractivity contribution is 1.24. The van der Waals surface area contributed by atoms with Gasteiger partial charge in [-0.15, -0.1) is 11.6 Å². The van der Waals surface area contributed by atoms with Crippen molar-refractivity contribution < 1.29 is 0 Å². The van der Waals surface area contributed by atoms with Crippen LogP contribution in [0.15, 0.2) is 23.3 Å². The molecular weight excluding hydrogens is 144 g/mol. The minimum Gasteiger partial charge on any atom is -0.122 e. The lowest BCUT2D eigenvalue weighted by atomic mass is 10.2. The monoisotopic (exact) mass is 158 g/mol. The van der Waals surface area contributed by atoms with Crippen LogP contribution in [0.3, 0.4) is 0 Å². The molecule has 0 amide bonds. The third kappa shape index (κ3) is 5.90. The van der Waals surface area contributed by atoms with Gasteiger partial charge < -0.3 is 0 Å². The molecule has 0 heterocycles. The van der Waals surface area contributed by atoms with Gasteiger partial charge in [-0.2, -0.15) is 0 Å². The number of hydrogen-bond donors (Lipinski definition) is 0. The van der Waals surface area contributed by atoms with Gasteiger partial charge in [0.2, 0.25) is 0 Å². The highest BCUT2D eigenvalue weighted by Crippen LogP contribution is 2.00. The van der Waals surface area contributed by atoms with Crippen molar-refractivity contribution in [3.05, 3.63) is 23.3 Å². The third-order valence-electron chi connectivity index (χ3n) is 1.20. The van der Waals surface area contributed by atoms with Gasteiger partial charge in [-0.3, -0.25) is 0 Å². The number of hydrogen-bond acceptors (Lipinski definition) is 0. The molecule has 0 aliphatic rings. The summed E-state index contributed by atoms with van der Waals surface area (Å²) in [5, 5.41) is 0. The molecule has 0 aromatic carbocycles. The van der Waals surface area contributed by atoms with E-state index in [2.05, 4.69) is 26.0 Å². The van der Waals surface area contributed by atoms with E-state index in [4.69, 9.17) is 11.6 Å². The zero-order valence-electron chi connectivity index (χ0n) is 6.95. The molecular formula is C9H15Cl. The summed E-state index contributed by atoms with van der Waals surface area (Å²) in [7, 11) is 0. The van der Waals surface area contributed by atoms with Crippen molar-refractivity contribution in [1.82, 2.24) is 0 Å². The van der Waals surface area contributed by atoms with Crippen molar-refractivity contribution >= 4 is 11.6 Å². The Balaban J connectivity index is 3.63. The van der Waals surface area contributed by atoms with E-state index in [9.17, 15) is 0 Å². The molecule has 0 rings (SSSR count). The van der Waals surface area contributed by atoms with Crippen LogP contribution in [-0.2, 0) is 0 Å². The molecule has 58 valence electrons. The molecule has 0 aliphatic heterocycles. The third-order valence-corrected chi connectivity index (χ3v) is 1.62. The van der Waals surface area contributed by atoms with E-state index in [1.807, 2.05) is 6.92 Å². The van der Waals surface area contributed by atoms with E-state index in [1.54, 1.807) is 0 Å². The molecule has 0 bridgehead atoms. The van der Waals surface area contributed by atoms with Gasteiger partial charge in [0.15, 0.2) is 0 Å². The first-order valence-corrected chi connectivity index (χ1v) is 4.05. The number of halogens is 1. The lowest BCUT2D eigenvalue weighted by Crippen LogP contribution is -1.75. The molecule has 0 saturated carbocycles. The van der Waals surface area contributed by atoms with Gasteiger partial charge in [0, 0.05) is 5.88 Å². The highest BCUT2D eigenvalue weighted by atomic mass is 35.5. The Hall–Kier alpha value is -0.230. The average Bonchev–Trinajstić information content (AvgIpc) is 1.87. The fourth-order valence-corrected chi connectivity index (χ4v) is 0.659. The van der Waals surface area contributed by atoms with E-state index in [0.717, 1.165) is 6.42 Å². The predicted molar refractivity (Wildman–Crippen MR) is 48.5 cm³/mol. The van der Waals surface area contributed by atoms with E-state index in [0.29, 0.717) is 5.88 Å². The first kappa shape index (κ1) is 9.77. The van der Waals surface area contributed by atoms with Crippen LogP contribution in [0.1, 0.15) is 27.2 Å². The van der Waals surface area contributed by atoms with Gasteiger partial charge in [0.1, 0.15) is 0 Å². The summed E-state index contributed by atoms with van der Waals surface area (Å²) in [5.41, 5.74) is 2.61. The second-order valence-corrected chi connectivity index (χ2v) is 2.97. The molecule has 0 aromatic rings. The highest BCUT2D eigenvalue weighted by Gasteiger charge is 1.82. The van der Waals surface area contributed by atoms with Crippen molar-refractivity contribution in [2.75, 3.05) is 5.88 Å². The van der Waals surface area contributed by atoms with Crippen molar-refractivity contribution in [3.8, 4) is 0 Å². The maximum absolute atomic E-state index is 5.58. The molecule has 0 fully saturated rings. The Bertz CT molecular complexity index is 139. The highest BCUT2D eigenvalue weighted by molar-refractivity contribution is 6.19. The van der Waals surface area contributed by atoms with Gasteiger partial charge in [-0.25, -0.2) is 0 Å². The summed E-state index contributed by atoms with van der Waals surface area (Å²) < 4.78 is 0. The van der Waals surface area contributed by atoms with E-state index in [1.165, 1.54) is 11.1 Å². The second-order valence-electron chi connectivity index (χ2n) is 2.70. The Morgan fingerprint density at radius 3 is 2.20 bits per heavy atom. The first-order chi connectivity index (χ1) is 4.66. The first-order valence-electron chi connectivity index (χ1n) is 3.51. The molecule has 1 heteroatoms. The second kappa shape index (κ2) is 5.55. The maximum atomic E-state index is 5.58. The SMILES string of the molecule is CC(C)=CCC=C(C)CCl. The van der Waals surface area contributed by atoms with Crippen LogP contribution >= 0.6 is 11.6 Å². The zero-order chi connectivity index (χ0) is 7.98. The van der Waals surface area contributed by atoms with E-state index >= 15 is 0 Å². The molecule has 0 aromatic heterocycles. The molecule has 0 unspecified atom stereocenters. The Morgan fingerprint density at radius 1 is 1.20 bits per heavy atom. The van der Waals surface area contributed by atoms with Gasteiger partial charge in [0.05, 0.1) is 0 Å². The molecule has 10 heavy (non-hydrogen) atoms. The number of allylic oxidation sites excluding steroid dienone is 4. The molecule has 0 aliphatic carbocycles. The predicted octanol–water partition coefficient (Wildman–Crippen LogP) is 3.53. The van der Waals surface area contributed by atoms with Gasteiger partial charge in [0.25, 0.3) is 0 Å². The van der Waals surface area contributed by atoms with Crippen LogP contribution in [0.5, 0.6) is 0 Å². The average molecular weight is 159 g/mol. The molecule has 0 saturated heterocycles. The topological polar surface area (TPSA) is 0 Å². The number of rotatable bonds is 3. The van der Waals surface area contributed by atoms with E-state index < -0.39 is 0 Å². The van der Waals surface area contributed by atoms with Crippen LogP contribution in [0, 0.1) is 0 Å². The fraction of sp³-hybridized carbons (Fsp3) is 0.556. The van der Waals surface area contributed by atoms with Gasteiger partial charge in [-0.1, -0.05) is 23.3 Å². The summed E-state index contributed by atoms with van der Waals surface area (Å²) in [6, 6.07) is 0.